The van der Waals surface area contributed by atoms with Gasteiger partial charge in [-0.2, -0.15) is 0 Å². The second-order valence-electron chi connectivity index (χ2n) is 5.69. The van der Waals surface area contributed by atoms with Gasteiger partial charge in [-0.1, -0.05) is 24.3 Å². The molecule has 1 atom stereocenters. The molecule has 1 unspecified atom stereocenters. The smallest absolute Gasteiger partial charge is 0.193 e. The molecule has 5 nitrogen and oxygen atoms in total. The lowest BCUT2D eigenvalue weighted by atomic mass is 10.0. The van der Waals surface area contributed by atoms with E-state index in [1.165, 1.54) is 11.1 Å². The van der Waals surface area contributed by atoms with Crippen LogP contribution in [0, 0.1) is 6.92 Å². The van der Waals surface area contributed by atoms with Crippen molar-refractivity contribution in [2.24, 2.45) is 4.99 Å². The summed E-state index contributed by atoms with van der Waals surface area (Å²) in [6.07, 6.45) is 1.09. The highest BCUT2D eigenvalue weighted by atomic mass is 127. The summed E-state index contributed by atoms with van der Waals surface area (Å²) in [5.74, 6) is 0.948. The number of halogens is 1. The van der Waals surface area contributed by atoms with E-state index >= 15 is 0 Å². The number of aliphatic imine (C=N–C) groups is 1. The minimum atomic E-state index is 0. The van der Waals surface area contributed by atoms with Crippen LogP contribution in [-0.4, -0.2) is 57.4 Å². The second kappa shape index (κ2) is 11.7. The molecule has 1 aliphatic rings. The van der Waals surface area contributed by atoms with Gasteiger partial charge < -0.3 is 19.7 Å². The number of nitrogens with zero attached hydrogens (tertiary/aromatic N) is 2. The zero-order valence-electron chi connectivity index (χ0n) is 15.0. The number of morpholine rings is 1. The number of ether oxygens (including phenoxy) is 2. The number of guanidine groups is 1. The van der Waals surface area contributed by atoms with Gasteiger partial charge in [-0.3, -0.25) is 4.99 Å². The summed E-state index contributed by atoms with van der Waals surface area (Å²) in [4.78, 5) is 6.69. The molecule has 1 fully saturated rings. The van der Waals surface area contributed by atoms with Crippen molar-refractivity contribution in [2.75, 3.05) is 46.5 Å². The Morgan fingerprint density at radius 1 is 1.42 bits per heavy atom. The van der Waals surface area contributed by atoms with Crippen LogP contribution in [0.15, 0.2) is 29.3 Å². The molecular weight excluding hydrogens is 417 g/mol. The first-order valence-corrected chi connectivity index (χ1v) is 8.46. The average molecular weight is 447 g/mol. The number of benzene rings is 1. The summed E-state index contributed by atoms with van der Waals surface area (Å²) in [6.45, 7) is 9.01. The van der Waals surface area contributed by atoms with Crippen molar-refractivity contribution in [3.63, 3.8) is 0 Å². The molecule has 0 spiro atoms. The molecule has 1 saturated heterocycles. The molecule has 0 bridgehead atoms. The summed E-state index contributed by atoms with van der Waals surface area (Å²) in [5, 5.41) is 3.43. The van der Waals surface area contributed by atoms with Crippen LogP contribution in [0.25, 0.3) is 0 Å². The maximum absolute atomic E-state index is 5.98. The van der Waals surface area contributed by atoms with Gasteiger partial charge in [0.15, 0.2) is 5.96 Å². The van der Waals surface area contributed by atoms with Crippen molar-refractivity contribution in [1.29, 1.82) is 0 Å². The Kier molecular flexibility index (Phi) is 10.3. The first-order valence-electron chi connectivity index (χ1n) is 8.46. The molecule has 24 heavy (non-hydrogen) atoms. The van der Waals surface area contributed by atoms with Gasteiger partial charge in [-0.05, 0) is 31.4 Å². The van der Waals surface area contributed by atoms with Crippen LogP contribution >= 0.6 is 24.0 Å². The predicted octanol–water partition coefficient (Wildman–Crippen LogP) is 2.99. The van der Waals surface area contributed by atoms with E-state index in [2.05, 4.69) is 46.4 Å². The van der Waals surface area contributed by atoms with E-state index < -0.39 is 0 Å². The lowest BCUT2D eigenvalue weighted by Gasteiger charge is -2.35. The summed E-state index contributed by atoms with van der Waals surface area (Å²) >= 11 is 0. The van der Waals surface area contributed by atoms with E-state index in [-0.39, 0.29) is 30.1 Å². The number of rotatable bonds is 6. The SMILES string of the molecule is CCOCCCNC(=NC)N1CCOC(c2ccccc2C)C1.I. The Bertz CT molecular complexity index is 511. The highest BCUT2D eigenvalue weighted by molar-refractivity contribution is 14.0. The van der Waals surface area contributed by atoms with Crippen molar-refractivity contribution in [3.8, 4) is 0 Å². The van der Waals surface area contributed by atoms with Crippen molar-refractivity contribution in [1.82, 2.24) is 10.2 Å². The molecule has 6 heteroatoms. The molecule has 2 rings (SSSR count). The quantitative estimate of drug-likeness (QED) is 0.315. The van der Waals surface area contributed by atoms with Crippen LogP contribution < -0.4 is 5.32 Å². The van der Waals surface area contributed by atoms with Gasteiger partial charge in [0.2, 0.25) is 0 Å². The Labute approximate surface area is 162 Å². The standard InChI is InChI=1S/C18H29N3O2.HI/c1-4-22-12-7-10-20-18(19-3)21-11-13-23-17(14-21)16-9-6-5-8-15(16)2;/h5-6,8-9,17H,4,7,10-14H2,1-3H3,(H,19,20);1H. The molecule has 0 radical (unpaired) electrons. The fourth-order valence-corrected chi connectivity index (χ4v) is 2.83. The molecule has 1 aromatic rings. The summed E-state index contributed by atoms with van der Waals surface area (Å²) in [6, 6.07) is 8.43. The maximum Gasteiger partial charge on any atom is 0.193 e. The minimum Gasteiger partial charge on any atom is -0.382 e. The lowest BCUT2D eigenvalue weighted by molar-refractivity contribution is -0.00834. The van der Waals surface area contributed by atoms with E-state index in [9.17, 15) is 0 Å². The predicted molar refractivity (Wildman–Crippen MR) is 109 cm³/mol. The lowest BCUT2D eigenvalue weighted by Crippen LogP contribution is -2.48. The molecule has 0 amide bonds. The zero-order valence-corrected chi connectivity index (χ0v) is 17.3. The molecule has 1 aromatic carbocycles. The monoisotopic (exact) mass is 447 g/mol. The topological polar surface area (TPSA) is 46.1 Å². The Hall–Kier alpha value is -0.860. The number of aryl methyl sites for hydroxylation is 1. The van der Waals surface area contributed by atoms with Crippen LogP contribution in [0.3, 0.4) is 0 Å². The number of nitrogens with one attached hydrogen (secondary N) is 1. The summed E-state index contributed by atoms with van der Waals surface area (Å²) in [7, 11) is 1.84. The summed E-state index contributed by atoms with van der Waals surface area (Å²) < 4.78 is 11.4. The molecule has 136 valence electrons. The largest absolute Gasteiger partial charge is 0.382 e. The second-order valence-corrected chi connectivity index (χ2v) is 5.69. The first-order chi connectivity index (χ1) is 11.3. The van der Waals surface area contributed by atoms with Gasteiger partial charge in [0.1, 0.15) is 6.10 Å². The highest BCUT2D eigenvalue weighted by Crippen LogP contribution is 2.24. The maximum atomic E-state index is 5.98. The van der Waals surface area contributed by atoms with E-state index in [0.29, 0.717) is 0 Å². The molecule has 0 aromatic heterocycles. The fraction of sp³-hybridized carbons (Fsp3) is 0.611. The van der Waals surface area contributed by atoms with E-state index in [4.69, 9.17) is 9.47 Å². The molecule has 1 aliphatic heterocycles. The number of hydrogen-bond donors (Lipinski definition) is 1. The van der Waals surface area contributed by atoms with E-state index in [1.807, 2.05) is 14.0 Å². The van der Waals surface area contributed by atoms with Crippen LogP contribution in [-0.2, 0) is 9.47 Å². The molecule has 1 heterocycles. The van der Waals surface area contributed by atoms with Gasteiger partial charge in [-0.15, -0.1) is 24.0 Å². The van der Waals surface area contributed by atoms with E-state index in [1.54, 1.807) is 0 Å². The van der Waals surface area contributed by atoms with Crippen LogP contribution in [0.5, 0.6) is 0 Å². The molecule has 0 saturated carbocycles. The Morgan fingerprint density at radius 2 is 2.21 bits per heavy atom. The molecular formula is C18H30IN3O2. The van der Waals surface area contributed by atoms with Gasteiger partial charge >= 0.3 is 0 Å². The molecule has 1 N–H and O–H groups in total. The molecule has 0 aliphatic carbocycles. The highest BCUT2D eigenvalue weighted by Gasteiger charge is 2.24. The van der Waals surface area contributed by atoms with Crippen molar-refractivity contribution >= 4 is 29.9 Å². The van der Waals surface area contributed by atoms with Crippen molar-refractivity contribution < 1.29 is 9.47 Å². The van der Waals surface area contributed by atoms with Crippen LogP contribution in [0.1, 0.15) is 30.6 Å². The van der Waals surface area contributed by atoms with Crippen molar-refractivity contribution in [3.05, 3.63) is 35.4 Å². The third kappa shape index (κ3) is 6.22. The third-order valence-corrected chi connectivity index (χ3v) is 4.07. The van der Waals surface area contributed by atoms with Crippen LogP contribution in [0.4, 0.5) is 0 Å². The Morgan fingerprint density at radius 3 is 2.92 bits per heavy atom. The van der Waals surface area contributed by atoms with E-state index in [0.717, 1.165) is 51.8 Å². The minimum absolute atomic E-state index is 0. The Balaban J connectivity index is 0.00000288. The third-order valence-electron chi connectivity index (χ3n) is 4.07. The first kappa shape index (κ1) is 21.2. The van der Waals surface area contributed by atoms with Gasteiger partial charge in [0.05, 0.1) is 13.2 Å². The van der Waals surface area contributed by atoms with Gasteiger partial charge in [0.25, 0.3) is 0 Å². The van der Waals surface area contributed by atoms with Gasteiger partial charge in [-0.25, -0.2) is 0 Å². The van der Waals surface area contributed by atoms with Crippen molar-refractivity contribution in [2.45, 2.75) is 26.4 Å². The van der Waals surface area contributed by atoms with Crippen LogP contribution in [0.2, 0.25) is 0 Å². The fourth-order valence-electron chi connectivity index (χ4n) is 2.83. The number of hydrogen-bond acceptors (Lipinski definition) is 3. The zero-order chi connectivity index (χ0) is 16.5. The van der Waals surface area contributed by atoms with Gasteiger partial charge in [0, 0.05) is 33.4 Å². The normalized spacial score (nSPS) is 18.2. The average Bonchev–Trinajstić information content (AvgIpc) is 2.59. The summed E-state index contributed by atoms with van der Waals surface area (Å²) in [5.41, 5.74) is 2.54.